The summed E-state index contributed by atoms with van der Waals surface area (Å²) >= 11 is 0. The summed E-state index contributed by atoms with van der Waals surface area (Å²) in [4.78, 5) is 24.1. The monoisotopic (exact) mass is 587 g/mol. The first-order chi connectivity index (χ1) is 19.8. The summed E-state index contributed by atoms with van der Waals surface area (Å²) in [6, 6.07) is 4.08. The molecule has 1 rings (SSSR count). The molecule has 1 unspecified atom stereocenters. The molecule has 0 spiro atoms. The van der Waals surface area contributed by atoms with Gasteiger partial charge in [-0.2, -0.15) is 0 Å². The molecular weight excluding hydrogens is 522 g/mol. The van der Waals surface area contributed by atoms with Crippen molar-refractivity contribution in [1.29, 1.82) is 0 Å². The predicted octanol–water partition coefficient (Wildman–Crippen LogP) is 10.00. The van der Waals surface area contributed by atoms with E-state index < -0.39 is 5.97 Å². The number of carboxylic acid groups (broad SMARTS) is 1. The summed E-state index contributed by atoms with van der Waals surface area (Å²) in [6.45, 7) is 15.3. The van der Waals surface area contributed by atoms with Gasteiger partial charge in [-0.25, -0.2) is 0 Å². The van der Waals surface area contributed by atoms with Crippen molar-refractivity contribution < 1.29 is 19.8 Å². The molecule has 0 saturated carbocycles. The van der Waals surface area contributed by atoms with Crippen LogP contribution in [-0.2, 0) is 26.8 Å². The minimum atomic E-state index is -0.752. The Labute approximate surface area is 258 Å². The van der Waals surface area contributed by atoms with Crippen molar-refractivity contribution in [3.8, 4) is 5.75 Å². The van der Waals surface area contributed by atoms with Crippen molar-refractivity contribution in [2.24, 2.45) is 5.92 Å². The fraction of sp³-hybridized carbons (Fsp3) is 0.784. The number of aryl methyl sites for hydroxylation is 1. The minimum Gasteiger partial charge on any atom is -0.507 e. The Kier molecular flexibility index (Phi) is 18.1. The maximum Gasteiger partial charge on any atom is 0.303 e. The fourth-order valence-electron chi connectivity index (χ4n) is 5.79. The van der Waals surface area contributed by atoms with Crippen LogP contribution in [0.1, 0.15) is 174 Å². The van der Waals surface area contributed by atoms with Crippen molar-refractivity contribution in [3.63, 3.8) is 0 Å². The Morgan fingerprint density at radius 1 is 0.738 bits per heavy atom. The Hall–Kier alpha value is -2.04. The molecule has 0 aliphatic rings. The number of carboxylic acids is 1. The molecule has 0 heterocycles. The van der Waals surface area contributed by atoms with Crippen molar-refractivity contribution in [3.05, 3.63) is 28.8 Å². The standard InChI is InChI=1S/C37H65NO4/c1-8-9-10-11-12-13-14-15-16-17-18-19-20-21-29(28-34(40)41)24-25-38-33(39)23-22-30-26-31(36(2,3)4)35(42)32(27-30)37(5,6)7/h26-27,29,42H,8-25,28H2,1-7H3,(H,38,39)(H,40,41). The van der Waals surface area contributed by atoms with Gasteiger partial charge in [0.1, 0.15) is 5.75 Å². The molecule has 1 aromatic rings. The lowest BCUT2D eigenvalue weighted by Crippen LogP contribution is -2.27. The van der Waals surface area contributed by atoms with Gasteiger partial charge in [0.15, 0.2) is 0 Å². The summed E-state index contributed by atoms with van der Waals surface area (Å²) in [6.07, 6.45) is 19.8. The number of hydrogen-bond donors (Lipinski definition) is 3. The van der Waals surface area contributed by atoms with E-state index in [2.05, 4.69) is 53.8 Å². The zero-order valence-electron chi connectivity index (χ0n) is 28.4. The van der Waals surface area contributed by atoms with Crippen molar-refractivity contribution >= 4 is 11.9 Å². The molecule has 0 aliphatic carbocycles. The van der Waals surface area contributed by atoms with E-state index in [0.29, 0.717) is 31.6 Å². The minimum absolute atomic E-state index is 0.00673. The number of aliphatic carboxylic acids is 1. The van der Waals surface area contributed by atoms with Crippen molar-refractivity contribution in [2.75, 3.05) is 6.54 Å². The largest absolute Gasteiger partial charge is 0.507 e. The topological polar surface area (TPSA) is 86.6 Å². The first-order valence-electron chi connectivity index (χ1n) is 17.1. The molecule has 0 saturated heterocycles. The third-order valence-corrected chi connectivity index (χ3v) is 8.48. The summed E-state index contributed by atoms with van der Waals surface area (Å²) < 4.78 is 0. The Bertz CT molecular complexity index is 874. The van der Waals surface area contributed by atoms with Gasteiger partial charge in [0, 0.05) is 19.4 Å². The summed E-state index contributed by atoms with van der Waals surface area (Å²) in [5.74, 6) is -0.294. The van der Waals surface area contributed by atoms with Crippen molar-refractivity contribution in [2.45, 2.75) is 175 Å². The number of nitrogens with one attached hydrogen (secondary N) is 1. The molecule has 1 amide bonds. The Morgan fingerprint density at radius 3 is 1.62 bits per heavy atom. The van der Waals surface area contributed by atoms with Gasteiger partial charge in [-0.3, -0.25) is 9.59 Å². The lowest BCUT2D eigenvalue weighted by atomic mass is 9.78. The maximum absolute atomic E-state index is 12.7. The average molecular weight is 588 g/mol. The highest BCUT2D eigenvalue weighted by molar-refractivity contribution is 5.76. The highest BCUT2D eigenvalue weighted by atomic mass is 16.4. The predicted molar refractivity (Wildman–Crippen MR) is 178 cm³/mol. The molecular formula is C37H65NO4. The van der Waals surface area contributed by atoms with Crippen LogP contribution in [0.3, 0.4) is 0 Å². The second kappa shape index (κ2) is 20.0. The normalized spacial score (nSPS) is 12.8. The van der Waals surface area contributed by atoms with E-state index in [1.165, 1.54) is 77.0 Å². The fourth-order valence-corrected chi connectivity index (χ4v) is 5.79. The third-order valence-electron chi connectivity index (χ3n) is 8.48. The zero-order valence-corrected chi connectivity index (χ0v) is 28.4. The van der Waals surface area contributed by atoms with E-state index in [4.69, 9.17) is 0 Å². The molecule has 1 atom stereocenters. The first kappa shape index (κ1) is 38.0. The van der Waals surface area contributed by atoms with Crippen LogP contribution < -0.4 is 5.32 Å². The van der Waals surface area contributed by atoms with Gasteiger partial charge >= 0.3 is 5.97 Å². The lowest BCUT2D eigenvalue weighted by Gasteiger charge is -2.28. The number of carbonyl (C=O) groups is 2. The van der Waals surface area contributed by atoms with E-state index in [1.807, 2.05) is 12.1 Å². The molecule has 42 heavy (non-hydrogen) atoms. The van der Waals surface area contributed by atoms with Gasteiger partial charge < -0.3 is 15.5 Å². The second-order valence-electron chi connectivity index (χ2n) is 14.7. The van der Waals surface area contributed by atoms with Crippen LogP contribution in [-0.4, -0.2) is 28.6 Å². The molecule has 242 valence electrons. The van der Waals surface area contributed by atoms with Gasteiger partial charge in [0.25, 0.3) is 0 Å². The number of aromatic hydroxyl groups is 1. The molecule has 0 fully saturated rings. The quantitative estimate of drug-likeness (QED) is 0.118. The SMILES string of the molecule is CCCCCCCCCCCCCCCC(CCNC(=O)CCc1cc(C(C)(C)C)c(O)c(C(C)(C)C)c1)CC(=O)O. The van der Waals surface area contributed by atoms with Crippen LogP contribution in [0.25, 0.3) is 0 Å². The average Bonchev–Trinajstić information content (AvgIpc) is 2.88. The molecule has 3 N–H and O–H groups in total. The smallest absolute Gasteiger partial charge is 0.303 e. The number of benzene rings is 1. The van der Waals surface area contributed by atoms with Crippen LogP contribution in [0.2, 0.25) is 0 Å². The van der Waals surface area contributed by atoms with Crippen LogP contribution in [0, 0.1) is 5.92 Å². The van der Waals surface area contributed by atoms with Crippen LogP contribution in [0.5, 0.6) is 5.75 Å². The molecule has 1 aromatic carbocycles. The third kappa shape index (κ3) is 16.6. The number of phenols is 1. The van der Waals surface area contributed by atoms with E-state index in [9.17, 15) is 19.8 Å². The van der Waals surface area contributed by atoms with Crippen LogP contribution in [0.15, 0.2) is 12.1 Å². The summed E-state index contributed by atoms with van der Waals surface area (Å²) in [5.41, 5.74) is 2.48. The van der Waals surface area contributed by atoms with Gasteiger partial charge in [0.05, 0.1) is 0 Å². The molecule has 5 heteroatoms. The van der Waals surface area contributed by atoms with Crippen LogP contribution in [0.4, 0.5) is 0 Å². The van der Waals surface area contributed by atoms with E-state index in [0.717, 1.165) is 29.5 Å². The maximum atomic E-state index is 12.7. The Balaban J connectivity index is 2.38. The number of amides is 1. The van der Waals surface area contributed by atoms with E-state index >= 15 is 0 Å². The van der Waals surface area contributed by atoms with E-state index in [1.54, 1.807) is 0 Å². The number of hydrogen-bond acceptors (Lipinski definition) is 3. The highest BCUT2D eigenvalue weighted by Gasteiger charge is 2.26. The van der Waals surface area contributed by atoms with Crippen LogP contribution >= 0.6 is 0 Å². The van der Waals surface area contributed by atoms with Gasteiger partial charge in [-0.05, 0) is 52.7 Å². The van der Waals surface area contributed by atoms with Gasteiger partial charge in [-0.1, -0.05) is 144 Å². The summed E-state index contributed by atoms with van der Waals surface area (Å²) in [7, 11) is 0. The lowest BCUT2D eigenvalue weighted by molar-refractivity contribution is -0.138. The van der Waals surface area contributed by atoms with E-state index in [-0.39, 0.29) is 29.1 Å². The number of phenolic OH excluding ortho intramolecular Hbond substituents is 1. The molecule has 0 radical (unpaired) electrons. The van der Waals surface area contributed by atoms with Gasteiger partial charge in [-0.15, -0.1) is 0 Å². The van der Waals surface area contributed by atoms with Gasteiger partial charge in [0.2, 0.25) is 5.91 Å². The second-order valence-corrected chi connectivity index (χ2v) is 14.7. The highest BCUT2D eigenvalue weighted by Crippen LogP contribution is 2.40. The molecule has 5 nitrogen and oxygen atoms in total. The molecule has 0 aliphatic heterocycles. The number of unbranched alkanes of at least 4 members (excludes halogenated alkanes) is 12. The van der Waals surface area contributed by atoms with Crippen molar-refractivity contribution in [1.82, 2.24) is 5.32 Å². The molecule has 0 bridgehead atoms. The number of rotatable bonds is 22. The first-order valence-corrected chi connectivity index (χ1v) is 17.1. The molecule has 0 aromatic heterocycles. The summed E-state index contributed by atoms with van der Waals surface area (Å²) in [5, 5.41) is 23.3. The Morgan fingerprint density at radius 2 is 1.19 bits per heavy atom. The zero-order chi connectivity index (χ0) is 31.6. The number of carbonyl (C=O) groups excluding carboxylic acids is 1.